The van der Waals surface area contributed by atoms with E-state index in [1.54, 1.807) is 12.1 Å². The molecule has 1 heterocycles. The van der Waals surface area contributed by atoms with Crippen molar-refractivity contribution < 1.29 is 19.2 Å². The van der Waals surface area contributed by atoms with Gasteiger partial charge in [0, 0.05) is 0 Å². The minimum absolute atomic E-state index is 0.289. The van der Waals surface area contributed by atoms with E-state index in [-0.39, 0.29) is 11.1 Å². The number of nitrogens with zero attached hydrogens (tertiary/aromatic N) is 1. The second-order valence-electron chi connectivity index (χ2n) is 3.23. The number of fused-ring (bicyclic) bond motifs is 1. The van der Waals surface area contributed by atoms with Gasteiger partial charge in [0.25, 0.3) is 11.8 Å². The Balaban J connectivity index is 2.32. The molecule has 82 valence electrons. The minimum Gasteiger partial charge on any atom is -0.372 e. The molecule has 0 spiro atoms. The van der Waals surface area contributed by atoms with Crippen LogP contribution < -0.4 is 5.90 Å². The van der Waals surface area contributed by atoms with Gasteiger partial charge < -0.3 is 4.84 Å². The number of carbonyl (C=O) groups is 3. The van der Waals surface area contributed by atoms with Gasteiger partial charge in [-0.3, -0.25) is 14.5 Å². The second-order valence-corrected chi connectivity index (χ2v) is 3.23. The number of nitrogens with two attached hydrogens (primary N) is 1. The molecular formula is C10H8N2O4. The van der Waals surface area contributed by atoms with Gasteiger partial charge in [0.05, 0.1) is 11.1 Å². The summed E-state index contributed by atoms with van der Waals surface area (Å²) < 4.78 is 0. The molecule has 0 saturated heterocycles. The van der Waals surface area contributed by atoms with Crippen molar-refractivity contribution in [3.63, 3.8) is 0 Å². The first kappa shape index (κ1) is 10.3. The van der Waals surface area contributed by atoms with E-state index in [2.05, 4.69) is 10.7 Å². The SMILES string of the molecule is NOC(=O)CN1C(=O)c2ccccc2C1=O. The summed E-state index contributed by atoms with van der Waals surface area (Å²) in [4.78, 5) is 39.1. The van der Waals surface area contributed by atoms with Crippen molar-refractivity contribution in [2.75, 3.05) is 6.54 Å². The Morgan fingerprint density at radius 3 is 2.12 bits per heavy atom. The zero-order valence-corrected chi connectivity index (χ0v) is 8.17. The number of carbonyl (C=O) groups excluding carboxylic acids is 3. The molecule has 0 bridgehead atoms. The summed E-state index contributed by atoms with van der Waals surface area (Å²) in [6.45, 7) is -0.469. The van der Waals surface area contributed by atoms with E-state index in [1.807, 2.05) is 0 Å². The summed E-state index contributed by atoms with van der Waals surface area (Å²) in [6, 6.07) is 6.36. The topological polar surface area (TPSA) is 89.7 Å². The monoisotopic (exact) mass is 220 g/mol. The molecule has 0 unspecified atom stereocenters. The van der Waals surface area contributed by atoms with E-state index < -0.39 is 24.3 Å². The molecule has 0 aliphatic carbocycles. The normalized spacial score (nSPS) is 13.9. The van der Waals surface area contributed by atoms with Crippen LogP contribution in [0.1, 0.15) is 20.7 Å². The average molecular weight is 220 g/mol. The van der Waals surface area contributed by atoms with Crippen molar-refractivity contribution >= 4 is 17.8 Å². The van der Waals surface area contributed by atoms with Gasteiger partial charge in [0.15, 0.2) is 0 Å². The lowest BCUT2D eigenvalue weighted by Crippen LogP contribution is -2.36. The molecule has 0 saturated carbocycles. The van der Waals surface area contributed by atoms with Crippen molar-refractivity contribution in [1.29, 1.82) is 0 Å². The largest absolute Gasteiger partial charge is 0.372 e. The van der Waals surface area contributed by atoms with Gasteiger partial charge in [-0.2, -0.15) is 5.90 Å². The van der Waals surface area contributed by atoms with Gasteiger partial charge in [-0.25, -0.2) is 4.79 Å². The fourth-order valence-corrected chi connectivity index (χ4v) is 1.55. The molecule has 0 radical (unpaired) electrons. The molecule has 0 atom stereocenters. The quantitative estimate of drug-likeness (QED) is 0.546. The lowest BCUT2D eigenvalue weighted by molar-refractivity contribution is -0.144. The van der Waals surface area contributed by atoms with Gasteiger partial charge in [-0.1, -0.05) is 12.1 Å². The first-order chi connectivity index (χ1) is 7.65. The Hall–Kier alpha value is -2.21. The molecular weight excluding hydrogens is 212 g/mol. The Bertz CT molecular complexity index is 448. The standard InChI is InChI=1S/C10H8N2O4/c11-16-8(13)5-12-9(14)6-3-1-2-4-7(6)10(12)15/h1-4H,5,11H2. The first-order valence-corrected chi connectivity index (χ1v) is 4.50. The fourth-order valence-electron chi connectivity index (χ4n) is 1.55. The number of imide groups is 1. The summed E-state index contributed by atoms with van der Waals surface area (Å²) in [5, 5.41) is 0. The maximum absolute atomic E-state index is 11.7. The highest BCUT2D eigenvalue weighted by Gasteiger charge is 2.36. The highest BCUT2D eigenvalue weighted by molar-refractivity contribution is 6.22. The molecule has 0 fully saturated rings. The van der Waals surface area contributed by atoms with Crippen LogP contribution >= 0.6 is 0 Å². The third-order valence-corrected chi connectivity index (χ3v) is 2.30. The van der Waals surface area contributed by atoms with Crippen LogP contribution in [0.4, 0.5) is 0 Å². The predicted molar refractivity (Wildman–Crippen MR) is 52.1 cm³/mol. The van der Waals surface area contributed by atoms with Crippen LogP contribution in [0.15, 0.2) is 24.3 Å². The van der Waals surface area contributed by atoms with E-state index in [0.29, 0.717) is 0 Å². The summed E-state index contributed by atoms with van der Waals surface area (Å²) in [5.41, 5.74) is 0.578. The van der Waals surface area contributed by atoms with Crippen molar-refractivity contribution in [2.24, 2.45) is 5.90 Å². The van der Waals surface area contributed by atoms with Crippen molar-refractivity contribution in [3.8, 4) is 0 Å². The van der Waals surface area contributed by atoms with Crippen molar-refractivity contribution in [1.82, 2.24) is 4.90 Å². The van der Waals surface area contributed by atoms with Gasteiger partial charge in [0.2, 0.25) is 0 Å². The highest BCUT2D eigenvalue weighted by atomic mass is 16.7. The highest BCUT2D eigenvalue weighted by Crippen LogP contribution is 2.21. The Morgan fingerprint density at radius 2 is 1.69 bits per heavy atom. The Morgan fingerprint density at radius 1 is 1.19 bits per heavy atom. The van der Waals surface area contributed by atoms with Crippen LogP contribution in [0, 0.1) is 0 Å². The molecule has 1 aliphatic rings. The second kappa shape index (κ2) is 3.74. The van der Waals surface area contributed by atoms with E-state index >= 15 is 0 Å². The summed E-state index contributed by atoms with van der Waals surface area (Å²) in [7, 11) is 0. The lowest BCUT2D eigenvalue weighted by atomic mass is 10.1. The molecule has 6 nitrogen and oxygen atoms in total. The van der Waals surface area contributed by atoms with E-state index in [9.17, 15) is 14.4 Å². The molecule has 0 aromatic heterocycles. The zero-order chi connectivity index (χ0) is 11.7. The number of amides is 2. The molecule has 6 heteroatoms. The van der Waals surface area contributed by atoms with Crippen LogP contribution in [0.5, 0.6) is 0 Å². The Kier molecular flexibility index (Phi) is 2.41. The van der Waals surface area contributed by atoms with Crippen LogP contribution in [-0.2, 0) is 9.63 Å². The number of hydrogen-bond donors (Lipinski definition) is 1. The number of hydrogen-bond acceptors (Lipinski definition) is 5. The molecule has 2 amide bonds. The minimum atomic E-state index is -0.838. The van der Waals surface area contributed by atoms with E-state index in [4.69, 9.17) is 0 Å². The smallest absolute Gasteiger partial charge is 0.344 e. The Labute approximate surface area is 90.5 Å². The third-order valence-electron chi connectivity index (χ3n) is 2.30. The van der Waals surface area contributed by atoms with Gasteiger partial charge in [-0.05, 0) is 12.1 Å². The lowest BCUT2D eigenvalue weighted by Gasteiger charge is -2.10. The van der Waals surface area contributed by atoms with E-state index in [1.165, 1.54) is 12.1 Å². The van der Waals surface area contributed by atoms with Crippen molar-refractivity contribution in [2.45, 2.75) is 0 Å². The van der Waals surface area contributed by atoms with E-state index in [0.717, 1.165) is 4.90 Å². The summed E-state index contributed by atoms with van der Waals surface area (Å²) >= 11 is 0. The van der Waals surface area contributed by atoms with Crippen LogP contribution in [0.2, 0.25) is 0 Å². The molecule has 1 aromatic rings. The fraction of sp³-hybridized carbons (Fsp3) is 0.100. The maximum Gasteiger partial charge on any atom is 0.344 e. The third kappa shape index (κ3) is 1.45. The molecule has 1 aliphatic heterocycles. The zero-order valence-electron chi connectivity index (χ0n) is 8.17. The molecule has 1 aromatic carbocycles. The molecule has 2 rings (SSSR count). The molecule has 16 heavy (non-hydrogen) atoms. The number of rotatable bonds is 2. The van der Waals surface area contributed by atoms with Crippen LogP contribution in [0.25, 0.3) is 0 Å². The van der Waals surface area contributed by atoms with Crippen LogP contribution in [0.3, 0.4) is 0 Å². The summed E-state index contributed by atoms with van der Waals surface area (Å²) in [5.74, 6) is 2.79. The average Bonchev–Trinajstić information content (AvgIpc) is 2.55. The maximum atomic E-state index is 11.7. The van der Waals surface area contributed by atoms with Crippen LogP contribution in [-0.4, -0.2) is 29.2 Å². The van der Waals surface area contributed by atoms with Gasteiger partial charge >= 0.3 is 5.97 Å². The number of benzene rings is 1. The predicted octanol–water partition coefficient (Wildman–Crippen LogP) is -0.300. The summed E-state index contributed by atoms with van der Waals surface area (Å²) in [6.07, 6.45) is 0. The first-order valence-electron chi connectivity index (χ1n) is 4.50. The van der Waals surface area contributed by atoms with Gasteiger partial charge in [-0.15, -0.1) is 0 Å². The molecule has 2 N–H and O–H groups in total. The van der Waals surface area contributed by atoms with Gasteiger partial charge in [0.1, 0.15) is 6.54 Å². The van der Waals surface area contributed by atoms with Crippen molar-refractivity contribution in [3.05, 3.63) is 35.4 Å².